The molecule has 2 aliphatic rings. The SMILES string of the molecule is CC(C1CNC1)N1CCC1. The Bertz CT molecular complexity index is 102. The molecule has 0 aromatic rings. The molecular formula is C8H16N2. The Morgan fingerprint density at radius 1 is 1.40 bits per heavy atom. The summed E-state index contributed by atoms with van der Waals surface area (Å²) in [6.07, 6.45) is 1.42. The highest BCUT2D eigenvalue weighted by molar-refractivity contribution is 4.87. The molecule has 1 atom stereocenters. The van der Waals surface area contributed by atoms with Crippen LogP contribution in [-0.2, 0) is 0 Å². The highest BCUT2D eigenvalue weighted by Gasteiger charge is 2.30. The van der Waals surface area contributed by atoms with E-state index in [1.165, 1.54) is 32.6 Å². The second kappa shape index (κ2) is 2.51. The fourth-order valence-corrected chi connectivity index (χ4v) is 1.70. The van der Waals surface area contributed by atoms with Crippen LogP contribution in [0.3, 0.4) is 0 Å². The molecule has 0 saturated carbocycles. The zero-order valence-corrected chi connectivity index (χ0v) is 6.64. The van der Waals surface area contributed by atoms with Crippen molar-refractivity contribution in [2.75, 3.05) is 26.2 Å². The van der Waals surface area contributed by atoms with E-state index in [4.69, 9.17) is 0 Å². The largest absolute Gasteiger partial charge is 0.316 e. The van der Waals surface area contributed by atoms with Crippen LogP contribution in [-0.4, -0.2) is 37.1 Å². The first kappa shape index (κ1) is 6.62. The minimum atomic E-state index is 0.843. The van der Waals surface area contributed by atoms with E-state index in [0.717, 1.165) is 12.0 Å². The van der Waals surface area contributed by atoms with Crippen LogP contribution in [0.15, 0.2) is 0 Å². The van der Waals surface area contributed by atoms with Gasteiger partial charge in [0.25, 0.3) is 0 Å². The first-order valence-electron chi connectivity index (χ1n) is 4.32. The van der Waals surface area contributed by atoms with Gasteiger partial charge < -0.3 is 10.2 Å². The molecule has 2 heteroatoms. The summed E-state index contributed by atoms with van der Waals surface area (Å²) in [6.45, 7) is 7.55. The van der Waals surface area contributed by atoms with E-state index in [0.29, 0.717) is 0 Å². The van der Waals surface area contributed by atoms with Crippen LogP contribution in [0.25, 0.3) is 0 Å². The van der Waals surface area contributed by atoms with Crippen LogP contribution >= 0.6 is 0 Å². The van der Waals surface area contributed by atoms with Gasteiger partial charge in [0.05, 0.1) is 0 Å². The number of likely N-dealkylation sites (tertiary alicyclic amines) is 1. The summed E-state index contributed by atoms with van der Waals surface area (Å²) in [4.78, 5) is 2.59. The van der Waals surface area contributed by atoms with Crippen LogP contribution in [0.1, 0.15) is 13.3 Å². The normalized spacial score (nSPS) is 30.9. The number of hydrogen-bond donors (Lipinski definition) is 1. The highest BCUT2D eigenvalue weighted by Crippen LogP contribution is 2.19. The van der Waals surface area contributed by atoms with E-state index in [-0.39, 0.29) is 0 Å². The van der Waals surface area contributed by atoms with Gasteiger partial charge in [-0.15, -0.1) is 0 Å². The summed E-state index contributed by atoms with van der Waals surface area (Å²) in [5, 5.41) is 3.32. The number of nitrogens with one attached hydrogen (secondary N) is 1. The monoisotopic (exact) mass is 140 g/mol. The molecule has 2 heterocycles. The Labute approximate surface area is 62.6 Å². The van der Waals surface area contributed by atoms with Crippen LogP contribution < -0.4 is 5.32 Å². The van der Waals surface area contributed by atoms with Gasteiger partial charge in [-0.2, -0.15) is 0 Å². The lowest BCUT2D eigenvalue weighted by Crippen LogP contribution is -2.56. The minimum Gasteiger partial charge on any atom is -0.316 e. The first-order chi connectivity index (χ1) is 4.88. The summed E-state index contributed by atoms with van der Waals surface area (Å²) < 4.78 is 0. The third kappa shape index (κ3) is 0.956. The molecule has 0 radical (unpaired) electrons. The summed E-state index contributed by atoms with van der Waals surface area (Å²) in [5.41, 5.74) is 0. The average Bonchev–Trinajstić information content (AvgIpc) is 1.52. The molecule has 2 rings (SSSR count). The zero-order valence-electron chi connectivity index (χ0n) is 6.64. The molecule has 2 fully saturated rings. The Balaban J connectivity index is 1.79. The predicted octanol–water partition coefficient (Wildman–Crippen LogP) is 0.300. The second-order valence-corrected chi connectivity index (χ2v) is 3.55. The molecule has 0 spiro atoms. The third-order valence-corrected chi connectivity index (χ3v) is 2.96. The molecule has 1 unspecified atom stereocenters. The molecule has 2 nitrogen and oxygen atoms in total. The van der Waals surface area contributed by atoms with Crippen molar-refractivity contribution in [3.8, 4) is 0 Å². The maximum atomic E-state index is 3.32. The van der Waals surface area contributed by atoms with E-state index < -0.39 is 0 Å². The van der Waals surface area contributed by atoms with Crippen molar-refractivity contribution in [3.63, 3.8) is 0 Å². The van der Waals surface area contributed by atoms with Crippen LogP contribution in [0.4, 0.5) is 0 Å². The lowest BCUT2D eigenvalue weighted by molar-refractivity contribution is 0.0684. The van der Waals surface area contributed by atoms with Gasteiger partial charge in [0.2, 0.25) is 0 Å². The van der Waals surface area contributed by atoms with Crippen molar-refractivity contribution in [3.05, 3.63) is 0 Å². The Kier molecular flexibility index (Phi) is 1.66. The van der Waals surface area contributed by atoms with Gasteiger partial charge in [-0.05, 0) is 32.4 Å². The Morgan fingerprint density at radius 2 is 2.10 bits per heavy atom. The van der Waals surface area contributed by atoms with Gasteiger partial charge in [-0.25, -0.2) is 0 Å². The first-order valence-corrected chi connectivity index (χ1v) is 4.32. The number of nitrogens with zero attached hydrogens (tertiary/aromatic N) is 1. The van der Waals surface area contributed by atoms with Gasteiger partial charge in [0.1, 0.15) is 0 Å². The average molecular weight is 140 g/mol. The number of hydrogen-bond acceptors (Lipinski definition) is 2. The van der Waals surface area contributed by atoms with Crippen molar-refractivity contribution >= 4 is 0 Å². The molecule has 0 aliphatic carbocycles. The molecule has 10 heavy (non-hydrogen) atoms. The third-order valence-electron chi connectivity index (χ3n) is 2.96. The van der Waals surface area contributed by atoms with Gasteiger partial charge in [-0.3, -0.25) is 0 Å². The smallest absolute Gasteiger partial charge is 0.0119 e. The van der Waals surface area contributed by atoms with Crippen molar-refractivity contribution in [2.24, 2.45) is 5.92 Å². The van der Waals surface area contributed by atoms with E-state index >= 15 is 0 Å². The fraction of sp³-hybridized carbons (Fsp3) is 1.00. The van der Waals surface area contributed by atoms with Crippen LogP contribution in [0.5, 0.6) is 0 Å². The Morgan fingerprint density at radius 3 is 2.40 bits per heavy atom. The molecule has 1 N–H and O–H groups in total. The maximum Gasteiger partial charge on any atom is 0.0119 e. The van der Waals surface area contributed by atoms with Crippen LogP contribution in [0, 0.1) is 5.92 Å². The van der Waals surface area contributed by atoms with Crippen LogP contribution in [0.2, 0.25) is 0 Å². The quantitative estimate of drug-likeness (QED) is 0.593. The number of rotatable bonds is 2. The minimum absolute atomic E-state index is 0.843. The topological polar surface area (TPSA) is 15.3 Å². The van der Waals surface area contributed by atoms with Gasteiger partial charge >= 0.3 is 0 Å². The summed E-state index contributed by atoms with van der Waals surface area (Å²) in [6, 6.07) is 0.843. The maximum absolute atomic E-state index is 3.32. The Hall–Kier alpha value is -0.0800. The molecule has 58 valence electrons. The molecule has 2 aliphatic heterocycles. The molecule has 0 amide bonds. The molecule has 2 saturated heterocycles. The molecule has 0 bridgehead atoms. The standard InChI is InChI=1S/C8H16N2/c1-7(8-5-9-6-8)10-3-2-4-10/h7-9H,2-6H2,1H3. The highest BCUT2D eigenvalue weighted by atomic mass is 15.2. The molecule has 0 aromatic heterocycles. The van der Waals surface area contributed by atoms with Crippen molar-refractivity contribution < 1.29 is 0 Å². The second-order valence-electron chi connectivity index (χ2n) is 3.55. The van der Waals surface area contributed by atoms with E-state index in [9.17, 15) is 0 Å². The van der Waals surface area contributed by atoms with Crippen molar-refractivity contribution in [1.82, 2.24) is 10.2 Å². The predicted molar refractivity (Wildman–Crippen MR) is 42.0 cm³/mol. The van der Waals surface area contributed by atoms with Gasteiger partial charge in [0, 0.05) is 19.1 Å². The van der Waals surface area contributed by atoms with Gasteiger partial charge in [0.15, 0.2) is 0 Å². The summed E-state index contributed by atoms with van der Waals surface area (Å²) in [5.74, 6) is 0.945. The van der Waals surface area contributed by atoms with E-state index in [1.807, 2.05) is 0 Å². The summed E-state index contributed by atoms with van der Waals surface area (Å²) in [7, 11) is 0. The fourth-order valence-electron chi connectivity index (χ4n) is 1.70. The van der Waals surface area contributed by atoms with E-state index in [2.05, 4.69) is 17.1 Å². The van der Waals surface area contributed by atoms with E-state index in [1.54, 1.807) is 0 Å². The molecule has 0 aromatic carbocycles. The van der Waals surface area contributed by atoms with Crippen molar-refractivity contribution in [2.45, 2.75) is 19.4 Å². The van der Waals surface area contributed by atoms with Crippen molar-refractivity contribution in [1.29, 1.82) is 0 Å². The zero-order chi connectivity index (χ0) is 6.97. The summed E-state index contributed by atoms with van der Waals surface area (Å²) >= 11 is 0. The molecular weight excluding hydrogens is 124 g/mol. The lowest BCUT2D eigenvalue weighted by Gasteiger charge is -2.44. The van der Waals surface area contributed by atoms with Gasteiger partial charge in [-0.1, -0.05) is 0 Å². The lowest BCUT2D eigenvalue weighted by atomic mass is 9.92.